The Bertz CT molecular complexity index is 550. The Kier molecular flexibility index (Phi) is 4.30. The van der Waals surface area contributed by atoms with Crippen LogP contribution in [0.2, 0.25) is 0 Å². The van der Waals surface area contributed by atoms with Crippen molar-refractivity contribution < 1.29 is 8.42 Å². The lowest BCUT2D eigenvalue weighted by molar-refractivity contribution is 0.494. The van der Waals surface area contributed by atoms with Gasteiger partial charge in [-0.3, -0.25) is 4.72 Å². The molecule has 7 heteroatoms. The average Bonchev–Trinajstić information content (AvgIpc) is 2.09. The van der Waals surface area contributed by atoms with Gasteiger partial charge in [-0.25, -0.2) is 0 Å². The number of rotatable bonds is 3. The van der Waals surface area contributed by atoms with Crippen molar-refractivity contribution in [1.82, 2.24) is 4.72 Å². The van der Waals surface area contributed by atoms with E-state index in [1.165, 1.54) is 0 Å². The Morgan fingerprint density at radius 3 is 2.33 bits per heavy atom. The van der Waals surface area contributed by atoms with E-state index in [-0.39, 0.29) is 0 Å². The summed E-state index contributed by atoms with van der Waals surface area (Å²) < 4.78 is 29.4. The lowest BCUT2D eigenvalue weighted by Crippen LogP contribution is -2.43. The summed E-state index contributed by atoms with van der Waals surface area (Å²) in [6.45, 7) is 7.16. The van der Waals surface area contributed by atoms with Gasteiger partial charge in [-0.05, 0) is 61.3 Å². The van der Waals surface area contributed by atoms with Crippen LogP contribution in [0.4, 0.5) is 11.4 Å². The van der Waals surface area contributed by atoms with Crippen LogP contribution in [-0.4, -0.2) is 14.0 Å². The van der Waals surface area contributed by atoms with Crippen LogP contribution in [0.3, 0.4) is 0 Å². The fourth-order valence-corrected chi connectivity index (χ4v) is 3.34. The number of nitrogen functional groups attached to an aromatic ring is 1. The summed E-state index contributed by atoms with van der Waals surface area (Å²) in [6.07, 6.45) is 0. The highest BCUT2D eigenvalue weighted by Gasteiger charge is 2.20. The monoisotopic (exact) mass is 335 g/mol. The zero-order chi connectivity index (χ0) is 14.1. The minimum absolute atomic E-state index is 0.412. The summed E-state index contributed by atoms with van der Waals surface area (Å²) in [5.74, 6) is 0. The highest BCUT2D eigenvalue weighted by Crippen LogP contribution is 2.28. The first-order chi connectivity index (χ1) is 8.00. The van der Waals surface area contributed by atoms with E-state index in [1.54, 1.807) is 32.9 Å². The molecule has 0 spiro atoms. The SMILES string of the molecule is Cc1cc(Br)c(NS(=O)(=O)NC(C)(C)C)cc1N. The first kappa shape index (κ1) is 15.3. The van der Waals surface area contributed by atoms with Gasteiger partial charge in [0.1, 0.15) is 0 Å². The van der Waals surface area contributed by atoms with Crippen molar-refractivity contribution in [3.05, 3.63) is 22.2 Å². The Balaban J connectivity index is 3.02. The van der Waals surface area contributed by atoms with Crippen molar-refractivity contribution in [3.63, 3.8) is 0 Å². The summed E-state index contributed by atoms with van der Waals surface area (Å²) in [6, 6.07) is 3.35. The molecule has 0 saturated carbocycles. The number of hydrogen-bond donors (Lipinski definition) is 3. The fraction of sp³-hybridized carbons (Fsp3) is 0.455. The highest BCUT2D eigenvalue weighted by atomic mass is 79.9. The van der Waals surface area contributed by atoms with Crippen LogP contribution in [0.1, 0.15) is 26.3 Å². The lowest BCUT2D eigenvalue weighted by atomic mass is 10.1. The van der Waals surface area contributed by atoms with Crippen molar-refractivity contribution >= 4 is 37.5 Å². The number of benzene rings is 1. The predicted octanol–water partition coefficient (Wildman–Crippen LogP) is 2.38. The number of hydrogen-bond acceptors (Lipinski definition) is 3. The van der Waals surface area contributed by atoms with Crippen LogP contribution in [-0.2, 0) is 10.2 Å². The lowest BCUT2D eigenvalue weighted by Gasteiger charge is -2.21. The second kappa shape index (κ2) is 5.07. The molecule has 0 unspecified atom stereocenters. The van der Waals surface area contributed by atoms with E-state index in [0.717, 1.165) is 5.56 Å². The summed E-state index contributed by atoms with van der Waals surface area (Å²) in [5, 5.41) is 0. The molecule has 0 amide bonds. The Labute approximate surface area is 116 Å². The molecule has 0 aliphatic rings. The van der Waals surface area contributed by atoms with E-state index in [1.807, 2.05) is 6.92 Å². The molecule has 18 heavy (non-hydrogen) atoms. The van der Waals surface area contributed by atoms with Crippen molar-refractivity contribution in [2.75, 3.05) is 10.5 Å². The topological polar surface area (TPSA) is 84.2 Å². The molecule has 0 saturated heterocycles. The first-order valence-corrected chi connectivity index (χ1v) is 7.65. The first-order valence-electron chi connectivity index (χ1n) is 5.37. The van der Waals surface area contributed by atoms with Gasteiger partial charge in [0.25, 0.3) is 10.2 Å². The normalized spacial score (nSPS) is 12.5. The molecule has 5 nitrogen and oxygen atoms in total. The van der Waals surface area contributed by atoms with Gasteiger partial charge in [0, 0.05) is 15.7 Å². The van der Waals surface area contributed by atoms with E-state index in [2.05, 4.69) is 25.4 Å². The third kappa shape index (κ3) is 4.47. The third-order valence-corrected chi connectivity index (χ3v) is 4.07. The maximum atomic E-state index is 11.9. The fourth-order valence-electron chi connectivity index (χ4n) is 1.34. The molecule has 0 aromatic heterocycles. The van der Waals surface area contributed by atoms with Crippen LogP contribution in [0.15, 0.2) is 16.6 Å². The van der Waals surface area contributed by atoms with Gasteiger partial charge < -0.3 is 5.73 Å². The molecule has 0 fully saturated rings. The van der Waals surface area contributed by atoms with E-state index >= 15 is 0 Å². The molecular weight excluding hydrogens is 318 g/mol. The highest BCUT2D eigenvalue weighted by molar-refractivity contribution is 9.10. The largest absolute Gasteiger partial charge is 0.398 e. The molecule has 4 N–H and O–H groups in total. The van der Waals surface area contributed by atoms with Gasteiger partial charge in [0.05, 0.1) is 5.69 Å². The summed E-state index contributed by atoms with van der Waals surface area (Å²) in [4.78, 5) is 0. The Morgan fingerprint density at radius 1 is 1.28 bits per heavy atom. The molecule has 0 heterocycles. The van der Waals surface area contributed by atoms with Crippen molar-refractivity contribution in [2.45, 2.75) is 33.2 Å². The smallest absolute Gasteiger partial charge is 0.299 e. The Hall–Kier alpha value is -0.790. The molecule has 0 bridgehead atoms. The summed E-state index contributed by atoms with van der Waals surface area (Å²) >= 11 is 3.30. The standard InChI is InChI=1S/C11H18BrN3O2S/c1-7-5-8(12)10(6-9(7)13)14-18(16,17)15-11(2,3)4/h5-6,14-15H,13H2,1-4H3. The number of aryl methyl sites for hydroxylation is 1. The number of anilines is 2. The van der Waals surface area contributed by atoms with Crippen molar-refractivity contribution in [2.24, 2.45) is 0 Å². The molecule has 0 radical (unpaired) electrons. The summed E-state index contributed by atoms with van der Waals surface area (Å²) in [5.41, 5.74) is 7.04. The molecule has 1 aromatic rings. The molecule has 0 atom stereocenters. The molecule has 0 aliphatic carbocycles. The van der Waals surface area contributed by atoms with E-state index < -0.39 is 15.7 Å². The minimum Gasteiger partial charge on any atom is -0.398 e. The van der Waals surface area contributed by atoms with Gasteiger partial charge in [0.2, 0.25) is 0 Å². The maximum Gasteiger partial charge on any atom is 0.299 e. The van der Waals surface area contributed by atoms with Gasteiger partial charge in [-0.2, -0.15) is 13.1 Å². The second-order valence-electron chi connectivity index (χ2n) is 5.15. The van der Waals surface area contributed by atoms with Crippen molar-refractivity contribution in [3.8, 4) is 0 Å². The molecular formula is C11H18BrN3O2S. The van der Waals surface area contributed by atoms with Gasteiger partial charge >= 0.3 is 0 Å². The van der Waals surface area contributed by atoms with E-state index in [9.17, 15) is 8.42 Å². The number of nitrogens with two attached hydrogens (primary N) is 1. The quantitative estimate of drug-likeness (QED) is 0.741. The van der Waals surface area contributed by atoms with Gasteiger partial charge in [-0.15, -0.1) is 0 Å². The zero-order valence-electron chi connectivity index (χ0n) is 10.8. The predicted molar refractivity (Wildman–Crippen MR) is 78.7 cm³/mol. The van der Waals surface area contributed by atoms with Crippen molar-refractivity contribution in [1.29, 1.82) is 0 Å². The van der Waals surface area contributed by atoms with Crippen LogP contribution >= 0.6 is 15.9 Å². The molecule has 0 aliphatic heterocycles. The maximum absolute atomic E-state index is 11.9. The molecule has 102 valence electrons. The summed E-state index contributed by atoms with van der Waals surface area (Å²) in [7, 11) is -3.63. The molecule has 1 rings (SSSR count). The van der Waals surface area contributed by atoms with Crippen LogP contribution < -0.4 is 15.2 Å². The third-order valence-electron chi connectivity index (χ3n) is 2.04. The Morgan fingerprint density at radius 2 is 1.83 bits per heavy atom. The van der Waals surface area contributed by atoms with Crippen LogP contribution in [0.5, 0.6) is 0 Å². The zero-order valence-corrected chi connectivity index (χ0v) is 13.2. The average molecular weight is 336 g/mol. The van der Waals surface area contributed by atoms with E-state index in [0.29, 0.717) is 15.8 Å². The van der Waals surface area contributed by atoms with Crippen LogP contribution in [0.25, 0.3) is 0 Å². The van der Waals surface area contributed by atoms with Gasteiger partial charge in [0.15, 0.2) is 0 Å². The molecule has 1 aromatic carbocycles. The van der Waals surface area contributed by atoms with Gasteiger partial charge in [-0.1, -0.05) is 0 Å². The number of nitrogens with one attached hydrogen (secondary N) is 2. The second-order valence-corrected chi connectivity index (χ2v) is 7.42. The van der Waals surface area contributed by atoms with E-state index in [4.69, 9.17) is 5.73 Å². The minimum atomic E-state index is -3.63. The van der Waals surface area contributed by atoms with Crippen LogP contribution in [0, 0.1) is 6.92 Å². The number of halogens is 1.